The van der Waals surface area contributed by atoms with Crippen molar-refractivity contribution in [3.63, 3.8) is 0 Å². The summed E-state index contributed by atoms with van der Waals surface area (Å²) in [6, 6.07) is 0. The Morgan fingerprint density at radius 1 is 1.69 bits per heavy atom. The standard InChI is InChI=1S/C12H18ClNOS/c1-9-4-3-5-12(6-9,15-2)11-14-10(7-13)8-16-11/h8-9H,3-7H2,1-2H3. The number of nitrogens with zero attached hydrogens (tertiary/aromatic N) is 1. The number of thiazole rings is 1. The third-order valence-electron chi connectivity index (χ3n) is 3.42. The number of aromatic nitrogens is 1. The second kappa shape index (κ2) is 5.03. The monoisotopic (exact) mass is 259 g/mol. The molecule has 0 N–H and O–H groups in total. The van der Waals surface area contributed by atoms with Crippen LogP contribution in [-0.2, 0) is 16.2 Å². The van der Waals surface area contributed by atoms with Gasteiger partial charge in [0.25, 0.3) is 0 Å². The molecule has 1 heterocycles. The molecule has 1 aliphatic rings. The Hall–Kier alpha value is -0.120. The number of hydrogen-bond acceptors (Lipinski definition) is 3. The largest absolute Gasteiger partial charge is 0.371 e. The molecule has 0 aromatic carbocycles. The predicted octanol–water partition coefficient (Wildman–Crippen LogP) is 3.93. The van der Waals surface area contributed by atoms with Gasteiger partial charge in [0, 0.05) is 12.5 Å². The number of methoxy groups -OCH3 is 1. The number of halogens is 1. The van der Waals surface area contributed by atoms with Crippen LogP contribution in [0.1, 0.15) is 43.3 Å². The Morgan fingerprint density at radius 2 is 2.50 bits per heavy atom. The maximum Gasteiger partial charge on any atom is 0.125 e. The van der Waals surface area contributed by atoms with Crippen molar-refractivity contribution in [3.05, 3.63) is 16.1 Å². The van der Waals surface area contributed by atoms with E-state index >= 15 is 0 Å². The van der Waals surface area contributed by atoms with Crippen molar-refractivity contribution in [2.24, 2.45) is 5.92 Å². The quantitative estimate of drug-likeness (QED) is 0.768. The highest BCUT2D eigenvalue weighted by Gasteiger charge is 2.39. The molecule has 1 fully saturated rings. The third-order valence-corrected chi connectivity index (χ3v) is 4.78. The number of hydrogen-bond donors (Lipinski definition) is 0. The topological polar surface area (TPSA) is 22.1 Å². The Labute approximate surface area is 106 Å². The van der Waals surface area contributed by atoms with Gasteiger partial charge in [-0.25, -0.2) is 4.98 Å². The summed E-state index contributed by atoms with van der Waals surface area (Å²) < 4.78 is 5.80. The molecule has 1 aromatic heterocycles. The number of rotatable bonds is 3. The minimum Gasteiger partial charge on any atom is -0.371 e. The van der Waals surface area contributed by atoms with Crippen LogP contribution in [0, 0.1) is 5.92 Å². The zero-order valence-electron chi connectivity index (χ0n) is 9.83. The lowest BCUT2D eigenvalue weighted by Gasteiger charge is -2.37. The minimum absolute atomic E-state index is 0.146. The van der Waals surface area contributed by atoms with Crippen molar-refractivity contribution in [2.45, 2.75) is 44.1 Å². The zero-order chi connectivity index (χ0) is 11.6. The van der Waals surface area contributed by atoms with E-state index in [9.17, 15) is 0 Å². The SMILES string of the molecule is COC1(c2nc(CCl)cs2)CCCC(C)C1. The first-order chi connectivity index (χ1) is 7.70. The smallest absolute Gasteiger partial charge is 0.125 e. The van der Waals surface area contributed by atoms with Crippen LogP contribution in [0.3, 0.4) is 0 Å². The molecular formula is C12H18ClNOS. The van der Waals surface area contributed by atoms with Gasteiger partial charge in [0.15, 0.2) is 0 Å². The van der Waals surface area contributed by atoms with Crippen molar-refractivity contribution in [1.29, 1.82) is 0 Å². The van der Waals surface area contributed by atoms with Crippen LogP contribution in [0.15, 0.2) is 5.38 Å². The minimum atomic E-state index is -0.146. The van der Waals surface area contributed by atoms with Gasteiger partial charge in [-0.05, 0) is 25.2 Å². The van der Waals surface area contributed by atoms with Gasteiger partial charge in [-0.15, -0.1) is 22.9 Å². The Morgan fingerprint density at radius 3 is 3.06 bits per heavy atom. The lowest BCUT2D eigenvalue weighted by molar-refractivity contribution is -0.0581. The fraction of sp³-hybridized carbons (Fsp3) is 0.750. The van der Waals surface area contributed by atoms with Gasteiger partial charge in [0.1, 0.15) is 10.6 Å². The van der Waals surface area contributed by atoms with E-state index in [0.29, 0.717) is 5.88 Å². The molecule has 1 aliphatic carbocycles. The first-order valence-electron chi connectivity index (χ1n) is 5.76. The Balaban J connectivity index is 2.25. The predicted molar refractivity (Wildman–Crippen MR) is 68.0 cm³/mol. The normalized spacial score (nSPS) is 30.6. The lowest BCUT2D eigenvalue weighted by atomic mass is 9.79. The Kier molecular flexibility index (Phi) is 3.88. The average Bonchev–Trinajstić information content (AvgIpc) is 2.78. The van der Waals surface area contributed by atoms with E-state index in [1.807, 2.05) is 5.38 Å². The van der Waals surface area contributed by atoms with Crippen molar-refractivity contribution in [2.75, 3.05) is 7.11 Å². The van der Waals surface area contributed by atoms with Gasteiger partial charge in [0.2, 0.25) is 0 Å². The maximum absolute atomic E-state index is 5.80. The van der Waals surface area contributed by atoms with Crippen LogP contribution in [0.25, 0.3) is 0 Å². The number of ether oxygens (including phenoxy) is 1. The molecule has 0 amide bonds. The maximum atomic E-state index is 5.80. The van der Waals surface area contributed by atoms with Gasteiger partial charge >= 0.3 is 0 Å². The van der Waals surface area contributed by atoms with Crippen molar-refractivity contribution >= 4 is 22.9 Å². The van der Waals surface area contributed by atoms with Crippen LogP contribution in [0.4, 0.5) is 0 Å². The second-order valence-electron chi connectivity index (χ2n) is 4.68. The summed E-state index contributed by atoms with van der Waals surface area (Å²) >= 11 is 7.49. The summed E-state index contributed by atoms with van der Waals surface area (Å²) in [5.74, 6) is 1.21. The average molecular weight is 260 g/mol. The molecule has 0 aliphatic heterocycles. The van der Waals surface area contributed by atoms with Gasteiger partial charge in [0.05, 0.1) is 11.6 Å². The molecule has 2 rings (SSSR count). The molecule has 4 heteroatoms. The summed E-state index contributed by atoms with van der Waals surface area (Å²) in [6.45, 7) is 2.29. The van der Waals surface area contributed by atoms with E-state index in [4.69, 9.17) is 16.3 Å². The van der Waals surface area contributed by atoms with Crippen LogP contribution >= 0.6 is 22.9 Å². The molecule has 1 aromatic rings. The fourth-order valence-corrected chi connectivity index (χ4v) is 3.81. The summed E-state index contributed by atoms with van der Waals surface area (Å²) in [5, 5.41) is 3.15. The summed E-state index contributed by atoms with van der Waals surface area (Å²) in [7, 11) is 1.81. The van der Waals surface area contributed by atoms with Gasteiger partial charge < -0.3 is 4.74 Å². The lowest BCUT2D eigenvalue weighted by Crippen LogP contribution is -2.34. The summed E-state index contributed by atoms with van der Waals surface area (Å²) in [5.41, 5.74) is 0.823. The second-order valence-corrected chi connectivity index (χ2v) is 5.80. The van der Waals surface area contributed by atoms with Gasteiger partial charge in [-0.1, -0.05) is 13.3 Å². The third kappa shape index (κ3) is 2.27. The summed E-state index contributed by atoms with van der Waals surface area (Å²) in [4.78, 5) is 4.59. The highest BCUT2D eigenvalue weighted by Crippen LogP contribution is 2.43. The molecule has 1 saturated carbocycles. The molecule has 2 unspecified atom stereocenters. The molecule has 90 valence electrons. The van der Waals surface area contributed by atoms with Crippen LogP contribution < -0.4 is 0 Å². The highest BCUT2D eigenvalue weighted by atomic mass is 35.5. The van der Waals surface area contributed by atoms with E-state index in [1.54, 1.807) is 18.4 Å². The molecule has 2 atom stereocenters. The van der Waals surface area contributed by atoms with Gasteiger partial charge in [-0.3, -0.25) is 0 Å². The van der Waals surface area contributed by atoms with E-state index in [0.717, 1.165) is 29.5 Å². The van der Waals surface area contributed by atoms with Crippen LogP contribution in [-0.4, -0.2) is 12.1 Å². The molecule has 2 nitrogen and oxygen atoms in total. The van der Waals surface area contributed by atoms with Crippen LogP contribution in [0.5, 0.6) is 0 Å². The first kappa shape index (κ1) is 12.3. The van der Waals surface area contributed by atoms with Crippen molar-refractivity contribution < 1.29 is 4.74 Å². The van der Waals surface area contributed by atoms with E-state index in [2.05, 4.69) is 11.9 Å². The first-order valence-corrected chi connectivity index (χ1v) is 7.17. The van der Waals surface area contributed by atoms with Crippen LogP contribution in [0.2, 0.25) is 0 Å². The molecule has 0 saturated heterocycles. The number of alkyl halides is 1. The van der Waals surface area contributed by atoms with E-state index < -0.39 is 0 Å². The van der Waals surface area contributed by atoms with Crippen molar-refractivity contribution in [3.8, 4) is 0 Å². The molecule has 0 radical (unpaired) electrons. The highest BCUT2D eigenvalue weighted by molar-refractivity contribution is 7.09. The molecule has 0 bridgehead atoms. The fourth-order valence-electron chi connectivity index (χ4n) is 2.55. The zero-order valence-corrected chi connectivity index (χ0v) is 11.4. The van der Waals surface area contributed by atoms with E-state index in [-0.39, 0.29) is 5.60 Å². The Bertz CT molecular complexity index is 355. The molecular weight excluding hydrogens is 242 g/mol. The van der Waals surface area contributed by atoms with E-state index in [1.165, 1.54) is 12.8 Å². The molecule has 16 heavy (non-hydrogen) atoms. The molecule has 0 spiro atoms. The summed E-state index contributed by atoms with van der Waals surface area (Å²) in [6.07, 6.45) is 4.70. The van der Waals surface area contributed by atoms with Crippen molar-refractivity contribution in [1.82, 2.24) is 4.98 Å². The van der Waals surface area contributed by atoms with Gasteiger partial charge in [-0.2, -0.15) is 0 Å².